The molecule has 0 aliphatic heterocycles. The van der Waals surface area contributed by atoms with Crippen molar-refractivity contribution in [2.24, 2.45) is 0 Å². The Morgan fingerprint density at radius 3 is 3.10 bits per heavy atom. The molecule has 97 valence electrons. The second-order valence-electron chi connectivity index (χ2n) is 4.38. The summed E-state index contributed by atoms with van der Waals surface area (Å²) >= 11 is 1.63. The van der Waals surface area contributed by atoms with E-state index in [1.165, 1.54) is 0 Å². The third kappa shape index (κ3) is 1.90. The first-order chi connectivity index (χ1) is 9.90. The zero-order chi connectivity index (χ0) is 13.4. The van der Waals surface area contributed by atoms with Crippen LogP contribution in [0.3, 0.4) is 0 Å². The van der Waals surface area contributed by atoms with Crippen LogP contribution in [0.25, 0.3) is 16.2 Å². The average molecular weight is 280 g/mol. The Labute approximate surface area is 119 Å². The summed E-state index contributed by atoms with van der Waals surface area (Å²) in [5, 5.41) is 6.23. The lowest BCUT2D eigenvalue weighted by Crippen LogP contribution is -2.02. The maximum Gasteiger partial charge on any atom is 0.194 e. The lowest BCUT2D eigenvalue weighted by Gasteiger charge is -1.98. The second-order valence-corrected chi connectivity index (χ2v) is 5.21. The number of nitrogens with zero attached hydrogens (tertiary/aromatic N) is 5. The van der Waals surface area contributed by atoms with Crippen molar-refractivity contribution < 1.29 is 0 Å². The molecule has 0 aliphatic rings. The maximum atomic E-state index is 4.64. The summed E-state index contributed by atoms with van der Waals surface area (Å²) in [6.07, 6.45) is 5.30. The Bertz CT molecular complexity index is 829. The van der Waals surface area contributed by atoms with Crippen LogP contribution in [0.15, 0.2) is 48.5 Å². The number of fused-ring (bicyclic) bond motifs is 1. The quantitative estimate of drug-likeness (QED) is 0.579. The lowest BCUT2D eigenvalue weighted by atomic mass is 10.2. The fourth-order valence-corrected chi connectivity index (χ4v) is 2.97. The average Bonchev–Trinajstić information content (AvgIpc) is 3.19. The van der Waals surface area contributed by atoms with E-state index in [9.17, 15) is 0 Å². The van der Waals surface area contributed by atoms with Gasteiger partial charge in [-0.1, -0.05) is 24.3 Å². The molecule has 3 aromatic heterocycles. The third-order valence-electron chi connectivity index (χ3n) is 3.06. The van der Waals surface area contributed by atoms with Gasteiger partial charge in [-0.25, -0.2) is 14.6 Å². The minimum atomic E-state index is 0.689. The molecule has 0 amide bonds. The smallest absolute Gasteiger partial charge is 0.194 e. The molecule has 4 aromatic rings. The Morgan fingerprint density at radius 1 is 1.30 bits per heavy atom. The summed E-state index contributed by atoms with van der Waals surface area (Å²) in [6, 6.07) is 11.1. The van der Waals surface area contributed by atoms with E-state index in [1.54, 1.807) is 28.7 Å². The molecule has 0 atom stereocenters. The molecule has 0 saturated heterocycles. The molecule has 0 saturated carbocycles. The van der Waals surface area contributed by atoms with Crippen LogP contribution >= 0.6 is 11.3 Å². The first kappa shape index (κ1) is 11.4. The topological polar surface area (TPSA) is 48.0 Å². The van der Waals surface area contributed by atoms with E-state index in [0.29, 0.717) is 6.54 Å². The SMILES string of the molecule is [c]1ccccc1-c1cn2c(Cn3cncn3)csc2n1. The molecular weight excluding hydrogens is 270 g/mol. The van der Waals surface area contributed by atoms with Gasteiger partial charge in [-0.2, -0.15) is 5.10 Å². The molecule has 0 spiro atoms. The van der Waals surface area contributed by atoms with Gasteiger partial charge in [0.15, 0.2) is 4.96 Å². The van der Waals surface area contributed by atoms with Crippen molar-refractivity contribution in [3.8, 4) is 11.3 Å². The Hall–Kier alpha value is -2.47. The molecule has 1 radical (unpaired) electrons. The summed E-state index contributed by atoms with van der Waals surface area (Å²) in [6.45, 7) is 0.689. The summed E-state index contributed by atoms with van der Waals surface area (Å²) in [5.74, 6) is 0. The summed E-state index contributed by atoms with van der Waals surface area (Å²) < 4.78 is 3.90. The van der Waals surface area contributed by atoms with Crippen LogP contribution in [0.4, 0.5) is 0 Å². The van der Waals surface area contributed by atoms with E-state index in [-0.39, 0.29) is 0 Å². The van der Waals surface area contributed by atoms with Gasteiger partial charge in [0.25, 0.3) is 0 Å². The highest BCUT2D eigenvalue weighted by Crippen LogP contribution is 2.23. The fourth-order valence-electron chi connectivity index (χ4n) is 2.11. The molecular formula is C14H10N5S. The summed E-state index contributed by atoms with van der Waals surface area (Å²) in [5.41, 5.74) is 3.09. The highest BCUT2D eigenvalue weighted by Gasteiger charge is 2.10. The Balaban J connectivity index is 1.75. The van der Waals surface area contributed by atoms with Gasteiger partial charge in [-0.3, -0.25) is 4.40 Å². The van der Waals surface area contributed by atoms with E-state index >= 15 is 0 Å². The van der Waals surface area contributed by atoms with Crippen molar-refractivity contribution in [1.29, 1.82) is 0 Å². The first-order valence-corrected chi connectivity index (χ1v) is 7.03. The van der Waals surface area contributed by atoms with Crippen molar-refractivity contribution in [3.63, 3.8) is 0 Å². The predicted octanol–water partition coefficient (Wildman–Crippen LogP) is 2.50. The summed E-state index contributed by atoms with van der Waals surface area (Å²) in [7, 11) is 0. The van der Waals surface area contributed by atoms with Crippen LogP contribution < -0.4 is 0 Å². The van der Waals surface area contributed by atoms with Gasteiger partial charge in [0.2, 0.25) is 0 Å². The van der Waals surface area contributed by atoms with E-state index < -0.39 is 0 Å². The van der Waals surface area contributed by atoms with E-state index in [2.05, 4.69) is 30.9 Å². The molecule has 6 heteroatoms. The van der Waals surface area contributed by atoms with Gasteiger partial charge >= 0.3 is 0 Å². The molecule has 5 nitrogen and oxygen atoms in total. The zero-order valence-electron chi connectivity index (χ0n) is 10.5. The Kier molecular flexibility index (Phi) is 2.60. The monoisotopic (exact) mass is 280 g/mol. The number of aromatic nitrogens is 5. The van der Waals surface area contributed by atoms with Crippen LogP contribution in [0.5, 0.6) is 0 Å². The molecule has 0 N–H and O–H groups in total. The van der Waals surface area contributed by atoms with Gasteiger partial charge in [0.1, 0.15) is 12.7 Å². The molecule has 1 aromatic carbocycles. The lowest BCUT2D eigenvalue weighted by molar-refractivity contribution is 0.667. The number of thiazole rings is 1. The number of imidazole rings is 1. The van der Waals surface area contributed by atoms with Crippen molar-refractivity contribution in [2.45, 2.75) is 6.54 Å². The van der Waals surface area contributed by atoms with Gasteiger partial charge < -0.3 is 0 Å². The molecule has 20 heavy (non-hydrogen) atoms. The van der Waals surface area contributed by atoms with Crippen LogP contribution in [-0.2, 0) is 6.54 Å². The minimum absolute atomic E-state index is 0.689. The van der Waals surface area contributed by atoms with Crippen LogP contribution in [0.2, 0.25) is 0 Å². The highest BCUT2D eigenvalue weighted by atomic mass is 32.1. The minimum Gasteiger partial charge on any atom is -0.292 e. The van der Waals surface area contributed by atoms with E-state index in [1.807, 2.05) is 30.5 Å². The van der Waals surface area contributed by atoms with E-state index in [0.717, 1.165) is 21.9 Å². The van der Waals surface area contributed by atoms with Crippen molar-refractivity contribution in [3.05, 3.63) is 60.3 Å². The van der Waals surface area contributed by atoms with Crippen molar-refractivity contribution in [2.75, 3.05) is 0 Å². The fraction of sp³-hybridized carbons (Fsp3) is 0.0714. The molecule has 0 unspecified atom stereocenters. The van der Waals surface area contributed by atoms with Crippen molar-refractivity contribution >= 4 is 16.3 Å². The maximum absolute atomic E-state index is 4.64. The highest BCUT2D eigenvalue weighted by molar-refractivity contribution is 7.15. The van der Waals surface area contributed by atoms with Crippen LogP contribution in [0, 0.1) is 6.07 Å². The van der Waals surface area contributed by atoms with Gasteiger partial charge in [-0.15, -0.1) is 11.3 Å². The number of hydrogen-bond acceptors (Lipinski definition) is 4. The standard InChI is InChI=1S/C14H10N5S/c1-2-4-11(5-3-1)13-7-19-12(8-20-14(19)17-13)6-18-10-15-9-16-18/h1-4,7-10H,6H2. The van der Waals surface area contributed by atoms with Crippen LogP contribution in [0.1, 0.15) is 5.69 Å². The molecule has 0 fully saturated rings. The van der Waals surface area contributed by atoms with E-state index in [4.69, 9.17) is 0 Å². The third-order valence-corrected chi connectivity index (χ3v) is 3.95. The van der Waals surface area contributed by atoms with Gasteiger partial charge in [0, 0.05) is 17.1 Å². The summed E-state index contributed by atoms with van der Waals surface area (Å²) in [4.78, 5) is 9.58. The number of benzene rings is 1. The number of rotatable bonds is 3. The second kappa shape index (κ2) is 4.57. The largest absolute Gasteiger partial charge is 0.292 e. The molecule has 0 bridgehead atoms. The van der Waals surface area contributed by atoms with Gasteiger partial charge in [0.05, 0.1) is 17.9 Å². The number of hydrogen-bond donors (Lipinski definition) is 0. The molecule has 4 rings (SSSR count). The predicted molar refractivity (Wildman–Crippen MR) is 76.5 cm³/mol. The first-order valence-electron chi connectivity index (χ1n) is 6.15. The van der Waals surface area contributed by atoms with Crippen LogP contribution in [-0.4, -0.2) is 24.1 Å². The zero-order valence-corrected chi connectivity index (χ0v) is 11.3. The van der Waals surface area contributed by atoms with Gasteiger partial charge in [-0.05, 0) is 6.07 Å². The Morgan fingerprint density at radius 2 is 2.30 bits per heavy atom. The van der Waals surface area contributed by atoms with Crippen molar-refractivity contribution in [1.82, 2.24) is 24.1 Å². The molecule has 0 aliphatic carbocycles. The normalized spacial score (nSPS) is 11.2. The molecule has 3 heterocycles.